The van der Waals surface area contributed by atoms with E-state index in [9.17, 15) is 14.7 Å². The highest BCUT2D eigenvalue weighted by molar-refractivity contribution is 5.65. The highest BCUT2D eigenvalue weighted by Gasteiger charge is 2.30. The van der Waals surface area contributed by atoms with E-state index < -0.39 is 37.0 Å². The van der Waals surface area contributed by atoms with Crippen molar-refractivity contribution >= 4 is 12.3 Å². The van der Waals surface area contributed by atoms with Gasteiger partial charge in [-0.15, -0.1) is 0 Å². The Hall–Kier alpha value is -1.02. The molecule has 15 heavy (non-hydrogen) atoms. The number of esters is 1. The van der Waals surface area contributed by atoms with Crippen LogP contribution in [0.3, 0.4) is 0 Å². The van der Waals surface area contributed by atoms with Gasteiger partial charge in [0.1, 0.15) is 31.0 Å². The minimum Gasteiger partial charge on any atom is -0.463 e. The zero-order valence-electron chi connectivity index (χ0n) is 8.11. The predicted octanol–water partition coefficient (Wildman–Crippen LogP) is -2.81. The van der Waals surface area contributed by atoms with E-state index in [-0.39, 0.29) is 6.29 Å². The molecule has 0 rings (SSSR count). The Morgan fingerprint density at radius 2 is 1.80 bits per heavy atom. The van der Waals surface area contributed by atoms with E-state index in [2.05, 4.69) is 4.74 Å². The molecule has 0 amide bonds. The van der Waals surface area contributed by atoms with Crippen LogP contribution in [0.4, 0.5) is 0 Å². The fraction of sp³-hybridized carbons (Fsp3) is 0.750. The zero-order valence-corrected chi connectivity index (χ0v) is 8.11. The van der Waals surface area contributed by atoms with E-state index in [0.717, 1.165) is 6.92 Å². The number of aliphatic hydroxyl groups is 4. The van der Waals surface area contributed by atoms with E-state index in [1.165, 1.54) is 0 Å². The second kappa shape index (κ2) is 6.46. The van der Waals surface area contributed by atoms with E-state index in [1.807, 2.05) is 0 Å². The summed E-state index contributed by atoms with van der Waals surface area (Å²) in [4.78, 5) is 20.4. The highest BCUT2D eigenvalue weighted by Crippen LogP contribution is 2.04. The summed E-state index contributed by atoms with van der Waals surface area (Å²) in [5, 5.41) is 36.3. The summed E-state index contributed by atoms with van der Waals surface area (Å²) in [6.07, 6.45) is -6.95. The number of carbonyl (C=O) groups excluding carboxylic acids is 2. The normalized spacial score (nSPS) is 18.7. The van der Waals surface area contributed by atoms with Crippen molar-refractivity contribution in [2.24, 2.45) is 0 Å². The van der Waals surface area contributed by atoms with Crippen molar-refractivity contribution in [3.05, 3.63) is 0 Å². The number of ether oxygens (including phenoxy) is 1. The van der Waals surface area contributed by atoms with Crippen LogP contribution >= 0.6 is 0 Å². The van der Waals surface area contributed by atoms with Crippen LogP contribution in [0, 0.1) is 0 Å². The lowest BCUT2D eigenvalue weighted by Gasteiger charge is -2.23. The van der Waals surface area contributed by atoms with Gasteiger partial charge in [-0.3, -0.25) is 4.79 Å². The van der Waals surface area contributed by atoms with Crippen LogP contribution in [0.2, 0.25) is 0 Å². The van der Waals surface area contributed by atoms with Crippen LogP contribution in [-0.2, 0) is 14.3 Å². The molecule has 0 radical (unpaired) electrons. The van der Waals surface area contributed by atoms with Crippen molar-refractivity contribution in [2.75, 3.05) is 6.61 Å². The fourth-order valence-corrected chi connectivity index (χ4v) is 0.811. The van der Waals surface area contributed by atoms with Gasteiger partial charge in [0.2, 0.25) is 0 Å². The molecule has 0 aromatic rings. The third-order valence-electron chi connectivity index (χ3n) is 1.69. The van der Waals surface area contributed by atoms with Crippen molar-refractivity contribution in [3.63, 3.8) is 0 Å². The van der Waals surface area contributed by atoms with E-state index >= 15 is 0 Å². The highest BCUT2D eigenvalue weighted by atomic mass is 16.5. The Morgan fingerprint density at radius 1 is 1.27 bits per heavy atom. The summed E-state index contributed by atoms with van der Waals surface area (Å²) in [5.74, 6) is -0.660. The number of aldehydes is 1. The number of carbonyl (C=O) groups is 2. The van der Waals surface area contributed by atoms with Crippen LogP contribution in [-0.4, -0.2) is 63.7 Å². The lowest BCUT2D eigenvalue weighted by Crippen LogP contribution is -2.46. The summed E-state index contributed by atoms with van der Waals surface area (Å²) < 4.78 is 4.36. The molecule has 0 saturated carbocycles. The Bertz CT molecular complexity index is 217. The molecule has 0 aliphatic heterocycles. The van der Waals surface area contributed by atoms with Gasteiger partial charge < -0.3 is 30.0 Å². The molecule has 0 saturated heterocycles. The first-order valence-corrected chi connectivity index (χ1v) is 4.21. The maximum Gasteiger partial charge on any atom is 0.302 e. The molecule has 0 bridgehead atoms. The summed E-state index contributed by atoms with van der Waals surface area (Å²) >= 11 is 0. The maximum atomic E-state index is 10.3. The molecule has 88 valence electrons. The molecule has 4 unspecified atom stereocenters. The monoisotopic (exact) mass is 222 g/mol. The third kappa shape index (κ3) is 4.84. The first-order chi connectivity index (χ1) is 6.90. The maximum absolute atomic E-state index is 10.3. The predicted molar refractivity (Wildman–Crippen MR) is 46.7 cm³/mol. The standard InChI is InChI=1S/C8H14O7/c1-4(10)15-3-6(12)8(14)7(13)5(11)2-9/h2,5-8,11-14H,3H2,1H3. The summed E-state index contributed by atoms with van der Waals surface area (Å²) in [6.45, 7) is 0.578. The number of rotatable bonds is 6. The molecule has 4 N–H and O–H groups in total. The third-order valence-corrected chi connectivity index (χ3v) is 1.69. The van der Waals surface area contributed by atoms with Gasteiger partial charge in [0.05, 0.1) is 0 Å². The first kappa shape index (κ1) is 14.0. The summed E-state index contributed by atoms with van der Waals surface area (Å²) in [5.41, 5.74) is 0. The van der Waals surface area contributed by atoms with Gasteiger partial charge in [-0.05, 0) is 0 Å². The second-order valence-electron chi connectivity index (χ2n) is 2.98. The minimum atomic E-state index is -1.83. The van der Waals surface area contributed by atoms with Gasteiger partial charge in [-0.25, -0.2) is 0 Å². The topological polar surface area (TPSA) is 124 Å². The van der Waals surface area contributed by atoms with Crippen molar-refractivity contribution < 1.29 is 34.8 Å². The van der Waals surface area contributed by atoms with Gasteiger partial charge in [0, 0.05) is 6.92 Å². The van der Waals surface area contributed by atoms with Crippen LogP contribution < -0.4 is 0 Å². The molecule has 7 nitrogen and oxygen atoms in total. The van der Waals surface area contributed by atoms with Crippen LogP contribution in [0.5, 0.6) is 0 Å². The largest absolute Gasteiger partial charge is 0.463 e. The molecular weight excluding hydrogens is 208 g/mol. The van der Waals surface area contributed by atoms with Crippen molar-refractivity contribution in [1.29, 1.82) is 0 Å². The van der Waals surface area contributed by atoms with Crippen molar-refractivity contribution in [3.8, 4) is 0 Å². The molecule has 4 atom stereocenters. The zero-order chi connectivity index (χ0) is 12.0. The molecular formula is C8H14O7. The van der Waals surface area contributed by atoms with Crippen molar-refractivity contribution in [2.45, 2.75) is 31.3 Å². The van der Waals surface area contributed by atoms with E-state index in [0.29, 0.717) is 0 Å². The Labute approximate surface area is 85.9 Å². The van der Waals surface area contributed by atoms with Gasteiger partial charge in [0.15, 0.2) is 6.29 Å². The van der Waals surface area contributed by atoms with Gasteiger partial charge >= 0.3 is 5.97 Å². The number of hydrogen-bond acceptors (Lipinski definition) is 7. The Balaban J connectivity index is 4.11. The smallest absolute Gasteiger partial charge is 0.302 e. The average Bonchev–Trinajstić information content (AvgIpc) is 2.22. The number of aliphatic hydroxyl groups excluding tert-OH is 4. The number of hydrogen-bond donors (Lipinski definition) is 4. The minimum absolute atomic E-state index is 0.0203. The van der Waals surface area contributed by atoms with Crippen molar-refractivity contribution in [1.82, 2.24) is 0 Å². The van der Waals surface area contributed by atoms with Crippen LogP contribution in [0.1, 0.15) is 6.92 Å². The fourth-order valence-electron chi connectivity index (χ4n) is 0.811. The first-order valence-electron chi connectivity index (χ1n) is 4.21. The van der Waals surface area contributed by atoms with Gasteiger partial charge in [-0.1, -0.05) is 0 Å². The van der Waals surface area contributed by atoms with Crippen LogP contribution in [0.15, 0.2) is 0 Å². The molecule has 0 aromatic heterocycles. The molecule has 0 fully saturated rings. The Kier molecular flexibility index (Phi) is 6.02. The Morgan fingerprint density at radius 3 is 2.20 bits per heavy atom. The van der Waals surface area contributed by atoms with Gasteiger partial charge in [-0.2, -0.15) is 0 Å². The lowest BCUT2D eigenvalue weighted by molar-refractivity contribution is -0.154. The van der Waals surface area contributed by atoms with Crippen LogP contribution in [0.25, 0.3) is 0 Å². The summed E-state index contributed by atoms with van der Waals surface area (Å²) in [6, 6.07) is 0. The molecule has 0 aromatic carbocycles. The molecule has 0 heterocycles. The van der Waals surface area contributed by atoms with E-state index in [4.69, 9.17) is 15.3 Å². The van der Waals surface area contributed by atoms with E-state index in [1.54, 1.807) is 0 Å². The summed E-state index contributed by atoms with van der Waals surface area (Å²) in [7, 11) is 0. The molecule has 0 spiro atoms. The second-order valence-corrected chi connectivity index (χ2v) is 2.98. The molecule has 0 aliphatic carbocycles. The molecule has 7 heteroatoms. The SMILES string of the molecule is CC(=O)OCC(O)C(O)C(O)C(O)C=O. The lowest BCUT2D eigenvalue weighted by atomic mass is 10.0. The van der Waals surface area contributed by atoms with Gasteiger partial charge in [0.25, 0.3) is 0 Å². The quantitative estimate of drug-likeness (QED) is 0.282. The average molecular weight is 222 g/mol. The molecule has 0 aliphatic rings.